The van der Waals surface area contributed by atoms with Gasteiger partial charge in [-0.25, -0.2) is 9.80 Å². The number of carboxylic acid groups (broad SMARTS) is 1. The number of nitrogens with zero attached hydrogens (tertiary/aromatic N) is 3. The number of aliphatic carboxylic acids is 1. The second kappa shape index (κ2) is 23.0. The number of hydrogen-bond donors (Lipinski definition) is 9. The fraction of sp³-hybridized carbons (Fsp3) is 0.622. The number of rotatable bonds is 24. The van der Waals surface area contributed by atoms with Crippen LogP contribution in [0, 0.1) is 0 Å². The van der Waals surface area contributed by atoms with E-state index >= 15 is 0 Å². The van der Waals surface area contributed by atoms with Gasteiger partial charge >= 0.3 is 5.97 Å². The normalized spacial score (nSPS) is 20.3. The smallest absolute Gasteiger partial charge is 0.329 e. The molecule has 1 unspecified atom stereocenters. The monoisotopic (exact) mass is 822 g/mol. The fourth-order valence-corrected chi connectivity index (χ4v) is 6.21. The van der Waals surface area contributed by atoms with Crippen molar-refractivity contribution in [1.29, 1.82) is 0 Å². The molecular weight excluding hydrogens is 764 g/mol. The molecule has 0 spiro atoms. The molecule has 0 aliphatic carbocycles. The maximum atomic E-state index is 13.0. The van der Waals surface area contributed by atoms with E-state index in [9.17, 15) is 49.2 Å². The van der Waals surface area contributed by atoms with E-state index in [1.54, 1.807) is 0 Å². The first-order valence-electron chi connectivity index (χ1n) is 18.9. The van der Waals surface area contributed by atoms with Crippen molar-refractivity contribution in [2.24, 2.45) is 0 Å². The summed E-state index contributed by atoms with van der Waals surface area (Å²) in [7, 11) is 4.98. The van der Waals surface area contributed by atoms with Crippen LogP contribution in [-0.2, 0) is 56.1 Å². The van der Waals surface area contributed by atoms with Crippen LogP contribution in [0.3, 0.4) is 0 Å². The van der Waals surface area contributed by atoms with Crippen molar-refractivity contribution in [2.75, 3.05) is 67.3 Å². The lowest BCUT2D eigenvalue weighted by Gasteiger charge is -2.43. The summed E-state index contributed by atoms with van der Waals surface area (Å²) >= 11 is 0. The van der Waals surface area contributed by atoms with Gasteiger partial charge in [-0.3, -0.25) is 29.4 Å². The first-order chi connectivity index (χ1) is 27.5. The number of likely N-dealkylation sites (N-methyl/N-ethyl adjacent to an activating group) is 1. The number of aryl methyl sites for hydroxylation is 1. The standard InChI is InChI=1S/C37H58N8O13/c1-23(47)41-32-34(53)33(52)27(22-46)58-35(32)42-29(49)19-37(2,36(54)55)44(5)31(51)11-14-56-16-17-57-15-12-39-30(50)20-40-28(48)10-13-45-25(21-43(4)38-3)18-24-8-6-7-9-26(24)45/h6-9,18,27,32-35,38,46,52-53H,10-17,19-22H2,1-5H3,(H,39,50)(H,40,48)(H,41,47)(H,42,49)(H,54,55)/t27-,32-,33-,34-,35-,37?/m1/s1. The minimum absolute atomic E-state index is 0.0865. The summed E-state index contributed by atoms with van der Waals surface area (Å²) in [5.41, 5.74) is 3.11. The number of ether oxygens (including phenoxy) is 3. The van der Waals surface area contributed by atoms with Crippen molar-refractivity contribution in [3.63, 3.8) is 0 Å². The van der Waals surface area contributed by atoms with Crippen LogP contribution in [0.15, 0.2) is 30.3 Å². The third-order valence-electron chi connectivity index (χ3n) is 9.77. The van der Waals surface area contributed by atoms with Gasteiger partial charge in [-0.1, -0.05) is 18.2 Å². The molecule has 0 radical (unpaired) electrons. The highest BCUT2D eigenvalue weighted by Gasteiger charge is 2.47. The third-order valence-corrected chi connectivity index (χ3v) is 9.77. The molecule has 0 bridgehead atoms. The fourth-order valence-electron chi connectivity index (χ4n) is 6.21. The van der Waals surface area contributed by atoms with Crippen LogP contribution in [0.4, 0.5) is 0 Å². The maximum absolute atomic E-state index is 13.0. The number of fused-ring (bicyclic) bond motifs is 1. The van der Waals surface area contributed by atoms with Crippen LogP contribution in [0.25, 0.3) is 10.9 Å². The van der Waals surface area contributed by atoms with Gasteiger partial charge in [0.15, 0.2) is 6.23 Å². The average Bonchev–Trinajstić information content (AvgIpc) is 3.53. The molecule has 6 atom stereocenters. The quantitative estimate of drug-likeness (QED) is 0.0377. The van der Waals surface area contributed by atoms with Crippen LogP contribution in [0.5, 0.6) is 0 Å². The molecule has 1 aromatic carbocycles. The van der Waals surface area contributed by atoms with E-state index in [0.29, 0.717) is 13.1 Å². The number of hydrazine groups is 1. The molecule has 21 heteroatoms. The predicted molar refractivity (Wildman–Crippen MR) is 206 cm³/mol. The summed E-state index contributed by atoms with van der Waals surface area (Å²) < 4.78 is 18.4. The number of amides is 5. The zero-order chi connectivity index (χ0) is 43.0. The molecule has 1 fully saturated rings. The summed E-state index contributed by atoms with van der Waals surface area (Å²) in [6.07, 6.45) is -6.75. The number of carboxylic acids is 1. The van der Waals surface area contributed by atoms with Gasteiger partial charge in [0, 0.05) is 51.7 Å². The molecule has 324 valence electrons. The number of carbonyl (C=O) groups is 6. The SMILES string of the molecule is CNN(C)Cc1cc2ccccc2n1CCC(=O)NCC(=O)NCCOCCOCCC(=O)N(C)C(C)(CC(=O)N[C@@H]1O[C@H](CO)[C@@H](O)[C@H](O)[C@H]1NC(C)=O)C(=O)O. The maximum Gasteiger partial charge on any atom is 0.329 e. The molecular formula is C37H58N8O13. The Morgan fingerprint density at radius 3 is 2.26 bits per heavy atom. The largest absolute Gasteiger partial charge is 0.479 e. The highest BCUT2D eigenvalue weighted by molar-refractivity contribution is 5.92. The summed E-state index contributed by atoms with van der Waals surface area (Å²) in [5.74, 6) is -4.30. The Bertz CT molecular complexity index is 1710. The molecule has 2 heterocycles. The Hall–Kier alpha value is -4.74. The van der Waals surface area contributed by atoms with Crippen LogP contribution in [-0.4, -0.2) is 174 Å². The minimum atomic E-state index is -2.03. The number of carbonyl (C=O) groups excluding carboxylic acids is 5. The van der Waals surface area contributed by atoms with E-state index in [-0.39, 0.29) is 64.2 Å². The van der Waals surface area contributed by atoms with Crippen LogP contribution in [0.2, 0.25) is 0 Å². The molecule has 1 aliphatic rings. The first-order valence-corrected chi connectivity index (χ1v) is 18.9. The van der Waals surface area contributed by atoms with Crippen molar-refractivity contribution >= 4 is 46.4 Å². The Kier molecular flexibility index (Phi) is 18.9. The van der Waals surface area contributed by atoms with E-state index in [2.05, 4.69) is 37.3 Å². The molecule has 58 heavy (non-hydrogen) atoms. The molecule has 0 saturated carbocycles. The Labute approximate surface area is 336 Å². The summed E-state index contributed by atoms with van der Waals surface area (Å²) in [4.78, 5) is 75.6. The lowest BCUT2D eigenvalue weighted by Crippen LogP contribution is -2.68. The average molecular weight is 823 g/mol. The van der Waals surface area contributed by atoms with Gasteiger partial charge in [0.05, 0.1) is 59.0 Å². The Morgan fingerprint density at radius 2 is 1.60 bits per heavy atom. The Morgan fingerprint density at radius 1 is 0.914 bits per heavy atom. The van der Waals surface area contributed by atoms with Gasteiger partial charge < -0.3 is 65.4 Å². The molecule has 5 amide bonds. The zero-order valence-electron chi connectivity index (χ0n) is 33.6. The molecule has 21 nitrogen and oxygen atoms in total. The van der Waals surface area contributed by atoms with Crippen molar-refractivity contribution in [3.05, 3.63) is 36.0 Å². The number of benzene rings is 1. The first kappa shape index (κ1) is 47.6. The predicted octanol–water partition coefficient (Wildman–Crippen LogP) is -2.99. The van der Waals surface area contributed by atoms with E-state index in [0.717, 1.165) is 28.4 Å². The van der Waals surface area contributed by atoms with E-state index in [1.807, 2.05) is 43.4 Å². The van der Waals surface area contributed by atoms with Gasteiger partial charge in [0.2, 0.25) is 29.5 Å². The molecule has 1 saturated heterocycles. The summed E-state index contributed by atoms with van der Waals surface area (Å²) in [6.45, 7) is 2.97. The van der Waals surface area contributed by atoms with Crippen LogP contribution < -0.4 is 26.7 Å². The van der Waals surface area contributed by atoms with Gasteiger partial charge in [0.25, 0.3) is 0 Å². The van der Waals surface area contributed by atoms with Crippen LogP contribution in [0.1, 0.15) is 38.8 Å². The number of aliphatic hydroxyl groups excluding tert-OH is 3. The lowest BCUT2D eigenvalue weighted by molar-refractivity contribution is -0.203. The number of hydrogen-bond acceptors (Lipinski definition) is 14. The van der Waals surface area contributed by atoms with E-state index < -0.39 is 72.8 Å². The number of para-hydroxylation sites is 1. The highest BCUT2D eigenvalue weighted by Crippen LogP contribution is 2.24. The number of aliphatic hydroxyl groups is 3. The molecule has 3 rings (SSSR count). The second-order valence-corrected chi connectivity index (χ2v) is 14.0. The van der Waals surface area contributed by atoms with Gasteiger partial charge in [-0.05, 0) is 31.5 Å². The molecule has 9 N–H and O–H groups in total. The van der Waals surface area contributed by atoms with Crippen molar-refractivity contribution < 1.29 is 63.4 Å². The number of aromatic nitrogens is 1. The minimum Gasteiger partial charge on any atom is -0.479 e. The van der Waals surface area contributed by atoms with Crippen LogP contribution >= 0.6 is 0 Å². The summed E-state index contributed by atoms with van der Waals surface area (Å²) in [6, 6.07) is 8.71. The molecule has 1 aliphatic heterocycles. The lowest BCUT2D eigenvalue weighted by atomic mass is 9.93. The number of nitrogens with one attached hydrogen (secondary N) is 5. The van der Waals surface area contributed by atoms with Gasteiger partial charge in [-0.15, -0.1) is 0 Å². The zero-order valence-corrected chi connectivity index (χ0v) is 33.6. The topological polar surface area (TPSA) is 283 Å². The molecule has 1 aromatic heterocycles. The van der Waals surface area contributed by atoms with Crippen molar-refractivity contribution in [2.45, 2.75) is 82.3 Å². The van der Waals surface area contributed by atoms with Crippen molar-refractivity contribution in [3.8, 4) is 0 Å². The van der Waals surface area contributed by atoms with Gasteiger partial charge in [0.1, 0.15) is 29.9 Å². The van der Waals surface area contributed by atoms with Gasteiger partial charge in [-0.2, -0.15) is 0 Å². The second-order valence-electron chi connectivity index (χ2n) is 14.0. The van der Waals surface area contributed by atoms with Crippen molar-refractivity contribution in [1.82, 2.24) is 41.2 Å². The molecule has 2 aromatic rings. The Balaban J connectivity index is 1.32. The van der Waals surface area contributed by atoms with E-state index in [1.165, 1.54) is 14.0 Å². The third kappa shape index (κ3) is 13.7. The van der Waals surface area contributed by atoms with E-state index in [4.69, 9.17) is 14.2 Å². The summed E-state index contributed by atoms with van der Waals surface area (Å²) in [5, 5.41) is 53.2. The highest BCUT2D eigenvalue weighted by atomic mass is 16.5.